The second-order valence-corrected chi connectivity index (χ2v) is 19.2. The molecule has 0 saturated carbocycles. The molecule has 0 aromatic carbocycles. The van der Waals surface area contributed by atoms with Crippen molar-refractivity contribution in [3.8, 4) is 0 Å². The maximum absolute atomic E-state index is 12.9. The third kappa shape index (κ3) is 58.3. The minimum absolute atomic E-state index is 0.124. The van der Waals surface area contributed by atoms with Gasteiger partial charge < -0.3 is 14.2 Å². The summed E-state index contributed by atoms with van der Waals surface area (Å²) in [6.45, 7) is 6.40. The molecule has 6 nitrogen and oxygen atoms in total. The second kappa shape index (κ2) is 60.1. The van der Waals surface area contributed by atoms with Crippen LogP contribution in [-0.2, 0) is 28.6 Å². The van der Waals surface area contributed by atoms with Gasteiger partial charge in [0.05, 0.1) is 0 Å². The highest BCUT2D eigenvalue weighted by atomic mass is 16.6. The van der Waals surface area contributed by atoms with Crippen molar-refractivity contribution in [2.45, 2.75) is 258 Å². The lowest BCUT2D eigenvalue weighted by Crippen LogP contribution is -2.30. The summed E-state index contributed by atoms with van der Waals surface area (Å²) >= 11 is 0. The van der Waals surface area contributed by atoms with Gasteiger partial charge in [-0.25, -0.2) is 0 Å². The summed E-state index contributed by atoms with van der Waals surface area (Å²) < 4.78 is 16.8. The summed E-state index contributed by atoms with van der Waals surface area (Å²) in [6, 6.07) is 0. The van der Waals surface area contributed by atoms with Gasteiger partial charge in [-0.3, -0.25) is 14.4 Å². The van der Waals surface area contributed by atoms with E-state index in [1.54, 1.807) is 0 Å². The van der Waals surface area contributed by atoms with Crippen LogP contribution in [-0.4, -0.2) is 37.2 Å². The van der Waals surface area contributed by atoms with Gasteiger partial charge in [0.1, 0.15) is 13.2 Å². The summed E-state index contributed by atoms with van der Waals surface area (Å²) in [6.07, 6.45) is 84.5. The standard InChI is InChI=1S/C67H108O6/c1-4-7-10-13-16-19-22-25-28-31-33-36-38-41-44-47-50-53-56-59-65(68)71-62-64(73-67(70)61-58-55-52-49-46-43-40-35-30-27-24-21-18-15-12-9-6-3)63-72-66(69)60-57-54-51-48-45-42-39-37-34-32-29-26-23-20-17-14-11-8-5-2/h7,10,16-17,19-20,25-30,33-34,36-37,41-42,44-45,51,54,64H,4-6,8-9,11-15,18,21-24,31-32,35,38-40,43,46-50,52-53,55-63H2,1-3H3/b10-7-,19-16-,20-17-,28-25-,29-26-,30-27-,36-33-,37-34-,44-41-,45-42-,54-51-/t64-/m1/s1. The van der Waals surface area contributed by atoms with E-state index in [9.17, 15) is 14.4 Å². The predicted octanol–water partition coefficient (Wildman–Crippen LogP) is 20.2. The maximum Gasteiger partial charge on any atom is 0.306 e. The van der Waals surface area contributed by atoms with E-state index in [1.807, 2.05) is 6.08 Å². The van der Waals surface area contributed by atoms with Crippen LogP contribution >= 0.6 is 0 Å². The fourth-order valence-electron chi connectivity index (χ4n) is 7.68. The van der Waals surface area contributed by atoms with Crippen molar-refractivity contribution in [2.75, 3.05) is 13.2 Å². The van der Waals surface area contributed by atoms with Crippen LogP contribution in [0.3, 0.4) is 0 Å². The third-order valence-corrected chi connectivity index (χ3v) is 12.1. The van der Waals surface area contributed by atoms with Crippen LogP contribution in [0.1, 0.15) is 252 Å². The van der Waals surface area contributed by atoms with Crippen LogP contribution in [0.15, 0.2) is 134 Å². The molecule has 0 saturated heterocycles. The average Bonchev–Trinajstić information content (AvgIpc) is 3.39. The molecule has 6 heteroatoms. The normalized spacial score (nSPS) is 13.1. The number of ether oxygens (including phenoxy) is 3. The third-order valence-electron chi connectivity index (χ3n) is 12.1. The van der Waals surface area contributed by atoms with Gasteiger partial charge in [-0.05, 0) is 128 Å². The Bertz CT molecular complexity index is 1580. The number of unbranched alkanes of at least 4 members (excludes halogenated alkanes) is 19. The Balaban J connectivity index is 4.58. The van der Waals surface area contributed by atoms with E-state index in [4.69, 9.17) is 14.2 Å². The minimum atomic E-state index is -0.830. The fraction of sp³-hybridized carbons (Fsp3) is 0.627. The molecule has 0 fully saturated rings. The van der Waals surface area contributed by atoms with Crippen molar-refractivity contribution in [1.82, 2.24) is 0 Å². The number of rotatable bonds is 52. The van der Waals surface area contributed by atoms with Gasteiger partial charge in [0, 0.05) is 19.3 Å². The predicted molar refractivity (Wildman–Crippen MR) is 316 cm³/mol. The first kappa shape index (κ1) is 68.6. The summed E-state index contributed by atoms with van der Waals surface area (Å²) in [5.74, 6) is -1.04. The monoisotopic (exact) mass is 1010 g/mol. The minimum Gasteiger partial charge on any atom is -0.462 e. The zero-order valence-electron chi connectivity index (χ0n) is 47.1. The van der Waals surface area contributed by atoms with Crippen LogP contribution in [0.2, 0.25) is 0 Å². The largest absolute Gasteiger partial charge is 0.462 e. The van der Waals surface area contributed by atoms with E-state index in [0.717, 1.165) is 103 Å². The first-order valence-corrected chi connectivity index (χ1v) is 29.7. The molecule has 0 amide bonds. The zero-order valence-corrected chi connectivity index (χ0v) is 47.1. The zero-order chi connectivity index (χ0) is 52.9. The number of hydrogen-bond donors (Lipinski definition) is 0. The molecule has 0 N–H and O–H groups in total. The molecule has 0 spiro atoms. The van der Waals surface area contributed by atoms with Gasteiger partial charge in [0.25, 0.3) is 0 Å². The Hall–Kier alpha value is -4.45. The van der Waals surface area contributed by atoms with E-state index < -0.39 is 6.10 Å². The fourth-order valence-corrected chi connectivity index (χ4v) is 7.68. The van der Waals surface area contributed by atoms with Gasteiger partial charge in [0.2, 0.25) is 0 Å². The maximum atomic E-state index is 12.9. The number of allylic oxidation sites excluding steroid dienone is 22. The average molecular weight is 1010 g/mol. The van der Waals surface area contributed by atoms with Crippen molar-refractivity contribution < 1.29 is 28.6 Å². The molecule has 0 unspecified atom stereocenters. The molecule has 412 valence electrons. The molecule has 0 radical (unpaired) electrons. The van der Waals surface area contributed by atoms with Crippen LogP contribution in [0.4, 0.5) is 0 Å². The lowest BCUT2D eigenvalue weighted by atomic mass is 10.1. The number of hydrogen-bond acceptors (Lipinski definition) is 6. The topological polar surface area (TPSA) is 78.9 Å². The van der Waals surface area contributed by atoms with E-state index in [0.29, 0.717) is 19.3 Å². The highest BCUT2D eigenvalue weighted by Crippen LogP contribution is 2.13. The van der Waals surface area contributed by atoms with Crippen molar-refractivity contribution in [3.63, 3.8) is 0 Å². The summed E-state index contributed by atoms with van der Waals surface area (Å²) in [7, 11) is 0. The Kier molecular flexibility index (Phi) is 56.4. The van der Waals surface area contributed by atoms with E-state index in [-0.39, 0.29) is 37.5 Å². The first-order chi connectivity index (χ1) is 36.0. The van der Waals surface area contributed by atoms with E-state index in [2.05, 4.69) is 148 Å². The molecule has 0 aromatic rings. The quantitative estimate of drug-likeness (QED) is 0.0261. The summed E-state index contributed by atoms with van der Waals surface area (Å²) in [4.78, 5) is 38.2. The first-order valence-electron chi connectivity index (χ1n) is 29.7. The van der Waals surface area contributed by atoms with Gasteiger partial charge in [0.15, 0.2) is 6.10 Å². The van der Waals surface area contributed by atoms with Gasteiger partial charge in [-0.1, -0.05) is 238 Å². The summed E-state index contributed by atoms with van der Waals surface area (Å²) in [5.41, 5.74) is 0. The van der Waals surface area contributed by atoms with E-state index >= 15 is 0 Å². The molecule has 0 aliphatic rings. The molecule has 0 aliphatic heterocycles. The Morgan fingerprint density at radius 1 is 0.288 bits per heavy atom. The van der Waals surface area contributed by atoms with Gasteiger partial charge in [-0.2, -0.15) is 0 Å². The van der Waals surface area contributed by atoms with Crippen LogP contribution < -0.4 is 0 Å². The van der Waals surface area contributed by atoms with Crippen molar-refractivity contribution >= 4 is 17.9 Å². The smallest absolute Gasteiger partial charge is 0.306 e. The van der Waals surface area contributed by atoms with Crippen molar-refractivity contribution in [2.24, 2.45) is 0 Å². The molecule has 0 aromatic heterocycles. The molecule has 0 aliphatic carbocycles. The second-order valence-electron chi connectivity index (χ2n) is 19.2. The highest BCUT2D eigenvalue weighted by molar-refractivity contribution is 5.71. The molecule has 0 heterocycles. The van der Waals surface area contributed by atoms with Crippen molar-refractivity contribution in [1.29, 1.82) is 0 Å². The van der Waals surface area contributed by atoms with Crippen LogP contribution in [0.25, 0.3) is 0 Å². The van der Waals surface area contributed by atoms with Gasteiger partial charge in [-0.15, -0.1) is 0 Å². The Labute approximate surface area is 449 Å². The lowest BCUT2D eigenvalue weighted by molar-refractivity contribution is -0.166. The highest BCUT2D eigenvalue weighted by Gasteiger charge is 2.19. The van der Waals surface area contributed by atoms with Gasteiger partial charge >= 0.3 is 17.9 Å². The molecule has 0 rings (SSSR count). The molecular weight excluding hydrogens is 901 g/mol. The molecular formula is C67H108O6. The van der Waals surface area contributed by atoms with Crippen molar-refractivity contribution in [3.05, 3.63) is 134 Å². The van der Waals surface area contributed by atoms with Crippen LogP contribution in [0.5, 0.6) is 0 Å². The number of carbonyl (C=O) groups excluding carboxylic acids is 3. The number of esters is 3. The molecule has 1 atom stereocenters. The lowest BCUT2D eigenvalue weighted by Gasteiger charge is -2.18. The molecule has 0 bridgehead atoms. The number of carbonyl (C=O) groups is 3. The Morgan fingerprint density at radius 2 is 0.562 bits per heavy atom. The molecule has 73 heavy (non-hydrogen) atoms. The van der Waals surface area contributed by atoms with E-state index in [1.165, 1.54) is 103 Å². The van der Waals surface area contributed by atoms with Crippen LogP contribution in [0, 0.1) is 0 Å². The Morgan fingerprint density at radius 3 is 0.973 bits per heavy atom. The summed E-state index contributed by atoms with van der Waals surface area (Å²) in [5, 5.41) is 0. The SMILES string of the molecule is CC/C=C\C/C=C\C/C=C\C/C=C\C/C=C\CCCCCC(=O)OC[C@H](COC(=O)CC/C=C\C/C=C\C/C=C\C/C=C\C/C=C\CCCCC)OC(=O)CCCCCCCCC/C=C\CCCCCCCC.